The van der Waals surface area contributed by atoms with Crippen molar-refractivity contribution in [3.63, 3.8) is 0 Å². The number of aromatic nitrogens is 2. The van der Waals surface area contributed by atoms with Crippen molar-refractivity contribution >= 4 is 5.95 Å². The lowest BCUT2D eigenvalue weighted by Crippen LogP contribution is -2.37. The second kappa shape index (κ2) is 7.06. The number of benzene rings is 1. The zero-order valence-electron chi connectivity index (χ0n) is 14.0. The number of nitrogens with zero attached hydrogens (tertiary/aromatic N) is 3. The van der Waals surface area contributed by atoms with Gasteiger partial charge in [0.1, 0.15) is 0 Å². The zero-order chi connectivity index (χ0) is 16.2. The van der Waals surface area contributed by atoms with E-state index in [1.807, 2.05) is 19.9 Å². The maximum absolute atomic E-state index is 5.40. The van der Waals surface area contributed by atoms with Crippen molar-refractivity contribution < 1.29 is 9.47 Å². The highest BCUT2D eigenvalue weighted by Crippen LogP contribution is 2.24. The Labute approximate surface area is 137 Å². The average Bonchev–Trinajstić information content (AvgIpc) is 2.61. The predicted molar refractivity (Wildman–Crippen MR) is 90.7 cm³/mol. The number of ether oxygens (including phenoxy) is 2. The van der Waals surface area contributed by atoms with Crippen molar-refractivity contribution in [1.29, 1.82) is 0 Å². The van der Waals surface area contributed by atoms with Crippen LogP contribution in [0.5, 0.6) is 0 Å². The number of rotatable bonds is 4. The largest absolute Gasteiger partial charge is 0.378 e. The molecule has 1 saturated heterocycles. The van der Waals surface area contributed by atoms with E-state index < -0.39 is 0 Å². The smallest absolute Gasteiger partial charge is 0.226 e. The number of anilines is 1. The van der Waals surface area contributed by atoms with Gasteiger partial charge in [-0.25, -0.2) is 9.97 Å². The molecule has 1 aromatic heterocycles. The average molecular weight is 313 g/mol. The van der Waals surface area contributed by atoms with Crippen LogP contribution in [-0.2, 0) is 9.47 Å². The maximum Gasteiger partial charge on any atom is 0.226 e. The summed E-state index contributed by atoms with van der Waals surface area (Å²) in [7, 11) is 1.72. The van der Waals surface area contributed by atoms with Crippen molar-refractivity contribution in [3.8, 4) is 11.3 Å². The van der Waals surface area contributed by atoms with E-state index in [1.165, 1.54) is 0 Å². The predicted octanol–water partition coefficient (Wildman–Crippen LogP) is 3.00. The summed E-state index contributed by atoms with van der Waals surface area (Å²) in [5, 5.41) is 0. The summed E-state index contributed by atoms with van der Waals surface area (Å²) < 4.78 is 10.8. The minimum absolute atomic E-state index is 0.0973. The summed E-state index contributed by atoms with van der Waals surface area (Å²) in [6.07, 6.45) is 0.0973. The van der Waals surface area contributed by atoms with Crippen molar-refractivity contribution in [2.75, 3.05) is 38.3 Å². The lowest BCUT2D eigenvalue weighted by Gasteiger charge is -2.27. The van der Waals surface area contributed by atoms with Crippen molar-refractivity contribution in [3.05, 3.63) is 41.6 Å². The molecular weight excluding hydrogens is 290 g/mol. The van der Waals surface area contributed by atoms with E-state index in [1.54, 1.807) is 7.11 Å². The van der Waals surface area contributed by atoms with Crippen LogP contribution in [0, 0.1) is 6.92 Å². The molecule has 1 aliphatic heterocycles. The van der Waals surface area contributed by atoms with Crippen LogP contribution in [0.1, 0.15) is 24.3 Å². The SMILES string of the molecule is CO[C@@H](C)c1ccc(-c2cc(C)nc(N3CCOCC3)n2)cc1. The van der Waals surface area contributed by atoms with Crippen LogP contribution in [-0.4, -0.2) is 43.4 Å². The number of aryl methyl sites for hydroxylation is 1. The number of hydrogen-bond acceptors (Lipinski definition) is 5. The molecule has 5 heteroatoms. The molecule has 1 atom stereocenters. The van der Waals surface area contributed by atoms with Crippen LogP contribution in [0.15, 0.2) is 30.3 Å². The Kier molecular flexibility index (Phi) is 4.88. The van der Waals surface area contributed by atoms with Gasteiger partial charge in [0.15, 0.2) is 0 Å². The number of methoxy groups -OCH3 is 1. The monoisotopic (exact) mass is 313 g/mol. The number of hydrogen-bond donors (Lipinski definition) is 0. The molecule has 0 spiro atoms. The Balaban J connectivity index is 1.88. The van der Waals surface area contributed by atoms with Crippen molar-refractivity contribution in [1.82, 2.24) is 9.97 Å². The Morgan fingerprint density at radius 2 is 1.83 bits per heavy atom. The molecule has 122 valence electrons. The molecule has 0 N–H and O–H groups in total. The molecular formula is C18H23N3O2. The molecule has 5 nitrogen and oxygen atoms in total. The third-order valence-electron chi connectivity index (χ3n) is 4.17. The molecule has 0 bridgehead atoms. The highest BCUT2D eigenvalue weighted by atomic mass is 16.5. The molecule has 0 radical (unpaired) electrons. The Hall–Kier alpha value is -1.98. The van der Waals surface area contributed by atoms with Crippen LogP contribution in [0.2, 0.25) is 0 Å². The van der Waals surface area contributed by atoms with Gasteiger partial charge in [0.05, 0.1) is 25.0 Å². The molecule has 2 heterocycles. The molecule has 1 aromatic carbocycles. The molecule has 0 unspecified atom stereocenters. The Morgan fingerprint density at radius 3 is 2.48 bits per heavy atom. The van der Waals surface area contributed by atoms with Gasteiger partial charge in [-0.2, -0.15) is 0 Å². The lowest BCUT2D eigenvalue weighted by molar-refractivity contribution is 0.119. The van der Waals surface area contributed by atoms with Gasteiger partial charge in [-0.1, -0.05) is 24.3 Å². The highest BCUT2D eigenvalue weighted by Gasteiger charge is 2.15. The van der Waals surface area contributed by atoms with Crippen LogP contribution < -0.4 is 4.90 Å². The standard InChI is InChI=1S/C18H23N3O2/c1-13-12-17(16-6-4-15(5-7-16)14(2)22-3)20-18(19-13)21-8-10-23-11-9-21/h4-7,12,14H,8-11H2,1-3H3/t14-/m0/s1. The molecule has 1 aliphatic rings. The molecule has 23 heavy (non-hydrogen) atoms. The minimum atomic E-state index is 0.0973. The van der Waals surface area contributed by atoms with Crippen LogP contribution in [0.4, 0.5) is 5.95 Å². The summed E-state index contributed by atoms with van der Waals surface area (Å²) in [5.41, 5.74) is 4.19. The third kappa shape index (κ3) is 3.68. The fourth-order valence-electron chi connectivity index (χ4n) is 2.67. The quantitative estimate of drug-likeness (QED) is 0.868. The van der Waals surface area contributed by atoms with Gasteiger partial charge in [-0.3, -0.25) is 0 Å². The Morgan fingerprint density at radius 1 is 1.13 bits per heavy atom. The topological polar surface area (TPSA) is 47.5 Å². The van der Waals surface area contributed by atoms with Gasteiger partial charge in [0.2, 0.25) is 5.95 Å². The van der Waals surface area contributed by atoms with E-state index in [0.717, 1.165) is 54.8 Å². The van der Waals surface area contributed by atoms with E-state index in [2.05, 4.69) is 34.1 Å². The van der Waals surface area contributed by atoms with Gasteiger partial charge in [-0.05, 0) is 25.5 Å². The van der Waals surface area contributed by atoms with E-state index in [-0.39, 0.29) is 6.10 Å². The molecule has 0 amide bonds. The molecule has 0 saturated carbocycles. The van der Waals surface area contributed by atoms with Crippen molar-refractivity contribution in [2.24, 2.45) is 0 Å². The first-order valence-electron chi connectivity index (χ1n) is 7.99. The highest BCUT2D eigenvalue weighted by molar-refractivity contribution is 5.61. The minimum Gasteiger partial charge on any atom is -0.378 e. The second-order valence-corrected chi connectivity index (χ2v) is 5.79. The summed E-state index contributed by atoms with van der Waals surface area (Å²) in [4.78, 5) is 11.5. The third-order valence-corrected chi connectivity index (χ3v) is 4.17. The van der Waals surface area contributed by atoms with Crippen molar-refractivity contribution in [2.45, 2.75) is 20.0 Å². The van der Waals surface area contributed by atoms with E-state index in [4.69, 9.17) is 14.5 Å². The maximum atomic E-state index is 5.40. The molecule has 2 aromatic rings. The van der Waals surface area contributed by atoms with E-state index in [0.29, 0.717) is 0 Å². The summed E-state index contributed by atoms with van der Waals surface area (Å²) >= 11 is 0. The van der Waals surface area contributed by atoms with Gasteiger partial charge in [-0.15, -0.1) is 0 Å². The first-order chi connectivity index (χ1) is 11.2. The van der Waals surface area contributed by atoms with Gasteiger partial charge in [0.25, 0.3) is 0 Å². The molecule has 0 aliphatic carbocycles. The zero-order valence-corrected chi connectivity index (χ0v) is 14.0. The van der Waals surface area contributed by atoms with E-state index in [9.17, 15) is 0 Å². The van der Waals surface area contributed by atoms with Crippen LogP contribution in [0.3, 0.4) is 0 Å². The molecule has 1 fully saturated rings. The summed E-state index contributed by atoms with van der Waals surface area (Å²) in [6, 6.07) is 10.4. The van der Waals surface area contributed by atoms with Gasteiger partial charge < -0.3 is 14.4 Å². The first-order valence-corrected chi connectivity index (χ1v) is 7.99. The first kappa shape index (κ1) is 15.9. The fraction of sp³-hybridized carbons (Fsp3) is 0.444. The fourth-order valence-corrected chi connectivity index (χ4v) is 2.67. The van der Waals surface area contributed by atoms with Gasteiger partial charge >= 0.3 is 0 Å². The molecule has 3 rings (SSSR count). The normalized spacial score (nSPS) is 16.4. The Bertz CT molecular complexity index is 652. The van der Waals surface area contributed by atoms with Crippen LogP contribution in [0.25, 0.3) is 11.3 Å². The summed E-state index contributed by atoms with van der Waals surface area (Å²) in [6.45, 7) is 7.20. The van der Waals surface area contributed by atoms with Crippen LogP contribution >= 0.6 is 0 Å². The summed E-state index contributed by atoms with van der Waals surface area (Å²) in [5.74, 6) is 0.789. The number of morpholine rings is 1. The lowest BCUT2D eigenvalue weighted by atomic mass is 10.1. The second-order valence-electron chi connectivity index (χ2n) is 5.79. The van der Waals surface area contributed by atoms with E-state index >= 15 is 0 Å². The van der Waals surface area contributed by atoms with Gasteiger partial charge in [0, 0.05) is 31.5 Å².